The predicted molar refractivity (Wildman–Crippen MR) is 155 cm³/mol. The highest BCUT2D eigenvalue weighted by Crippen LogP contribution is 2.35. The van der Waals surface area contributed by atoms with Crippen molar-refractivity contribution in [2.24, 2.45) is 0 Å². The van der Waals surface area contributed by atoms with Gasteiger partial charge in [-0.2, -0.15) is 0 Å². The van der Waals surface area contributed by atoms with Crippen LogP contribution in [0.5, 0.6) is 17.2 Å². The first-order valence-electron chi connectivity index (χ1n) is 13.4. The lowest BCUT2D eigenvalue weighted by Gasteiger charge is -2.36. The van der Waals surface area contributed by atoms with E-state index in [-0.39, 0.29) is 17.7 Å². The van der Waals surface area contributed by atoms with Gasteiger partial charge in [-0.15, -0.1) is 11.3 Å². The maximum atomic E-state index is 13.3. The van der Waals surface area contributed by atoms with Gasteiger partial charge in [0.15, 0.2) is 17.1 Å². The number of hydrogen-bond acceptors (Lipinski definition) is 7. The van der Waals surface area contributed by atoms with Crippen molar-refractivity contribution in [1.82, 2.24) is 14.8 Å². The average molecular weight is 584 g/mol. The molecule has 2 aliphatic rings. The van der Waals surface area contributed by atoms with Gasteiger partial charge in [0, 0.05) is 37.5 Å². The molecule has 3 heterocycles. The summed E-state index contributed by atoms with van der Waals surface area (Å²) >= 11 is 7.76. The number of halogens is 1. The summed E-state index contributed by atoms with van der Waals surface area (Å²) in [5, 5.41) is 3.29. The minimum absolute atomic E-state index is 0.0611. The molecule has 0 N–H and O–H groups in total. The average Bonchev–Trinajstić information content (AvgIpc) is 3.47. The summed E-state index contributed by atoms with van der Waals surface area (Å²) in [6, 6.07) is 11.1. The van der Waals surface area contributed by atoms with Gasteiger partial charge in [-0.05, 0) is 68.5 Å². The maximum absolute atomic E-state index is 13.3. The van der Waals surface area contributed by atoms with Crippen LogP contribution in [0.1, 0.15) is 59.2 Å². The number of carbonyl (C=O) groups is 2. The second-order valence-corrected chi connectivity index (χ2v) is 11.9. The van der Waals surface area contributed by atoms with Crippen LogP contribution in [0, 0.1) is 0 Å². The topological polar surface area (TPSA) is 81.2 Å². The predicted octanol–water partition coefficient (Wildman–Crippen LogP) is 5.58. The molecule has 0 radical (unpaired) electrons. The first kappa shape index (κ1) is 28.2. The maximum Gasteiger partial charge on any atom is 0.273 e. The summed E-state index contributed by atoms with van der Waals surface area (Å²) in [7, 11) is 3.24. The number of fused-ring (bicyclic) bond motifs is 1. The van der Waals surface area contributed by atoms with Crippen molar-refractivity contribution in [3.05, 3.63) is 68.6 Å². The molecule has 2 aromatic carbocycles. The number of hydrogen-bond donors (Lipinski definition) is 0. The summed E-state index contributed by atoms with van der Waals surface area (Å²) in [4.78, 5) is 35.1. The van der Waals surface area contributed by atoms with E-state index in [9.17, 15) is 9.59 Å². The number of ether oxygens (including phenoxy) is 3. The van der Waals surface area contributed by atoms with Gasteiger partial charge in [0.1, 0.15) is 11.4 Å². The molecule has 40 heavy (non-hydrogen) atoms. The van der Waals surface area contributed by atoms with E-state index >= 15 is 0 Å². The number of methoxy groups -OCH3 is 2. The van der Waals surface area contributed by atoms with E-state index in [0.717, 1.165) is 29.8 Å². The van der Waals surface area contributed by atoms with E-state index in [4.69, 9.17) is 30.8 Å². The third-order valence-electron chi connectivity index (χ3n) is 7.59. The number of thiazole rings is 1. The van der Waals surface area contributed by atoms with Gasteiger partial charge < -0.3 is 24.0 Å². The summed E-state index contributed by atoms with van der Waals surface area (Å²) < 4.78 is 16.9. The van der Waals surface area contributed by atoms with Crippen LogP contribution in [0.2, 0.25) is 5.02 Å². The molecule has 5 rings (SSSR count). The quantitative estimate of drug-likeness (QED) is 0.361. The second kappa shape index (κ2) is 11.7. The molecule has 212 valence electrons. The van der Waals surface area contributed by atoms with Gasteiger partial charge in [-0.3, -0.25) is 9.59 Å². The zero-order chi connectivity index (χ0) is 28.4. The van der Waals surface area contributed by atoms with E-state index < -0.39 is 5.60 Å². The van der Waals surface area contributed by atoms with Gasteiger partial charge in [0.2, 0.25) is 0 Å². The van der Waals surface area contributed by atoms with Crippen molar-refractivity contribution < 1.29 is 23.8 Å². The fourth-order valence-corrected chi connectivity index (χ4v) is 6.49. The van der Waals surface area contributed by atoms with E-state index in [0.29, 0.717) is 54.1 Å². The standard InChI is InChI=1S/C30H34ClN3O5S/c1-30(2,39-24-8-6-5-7-22(24)31)29(36)33-12-9-19(10-13-33)27-32-23(18-40-27)28(35)34-14-11-20-15-25(37-3)26(38-4)16-21(20)17-34/h5-8,15-16,18-19H,9-14,17H2,1-4H3. The molecular formula is C30H34ClN3O5S. The van der Waals surface area contributed by atoms with Crippen LogP contribution in [0.15, 0.2) is 41.8 Å². The van der Waals surface area contributed by atoms with E-state index in [1.165, 1.54) is 16.9 Å². The molecule has 0 aliphatic carbocycles. The number of benzene rings is 2. The van der Waals surface area contributed by atoms with Crippen LogP contribution in [0.3, 0.4) is 0 Å². The Hall–Kier alpha value is -3.30. The van der Waals surface area contributed by atoms with Crippen LogP contribution in [0.4, 0.5) is 0 Å². The second-order valence-electron chi connectivity index (χ2n) is 10.6. The third-order valence-corrected chi connectivity index (χ3v) is 8.91. The van der Waals surface area contributed by atoms with Crippen molar-refractivity contribution >= 4 is 34.8 Å². The smallest absolute Gasteiger partial charge is 0.273 e. The number of aromatic nitrogens is 1. The largest absolute Gasteiger partial charge is 0.493 e. The third kappa shape index (κ3) is 5.76. The molecule has 1 saturated heterocycles. The molecule has 1 fully saturated rings. The number of carbonyl (C=O) groups excluding carboxylic acids is 2. The van der Waals surface area contributed by atoms with Crippen LogP contribution in [0.25, 0.3) is 0 Å². The van der Waals surface area contributed by atoms with Gasteiger partial charge >= 0.3 is 0 Å². The highest BCUT2D eigenvalue weighted by atomic mass is 35.5. The van der Waals surface area contributed by atoms with Crippen molar-refractivity contribution in [1.29, 1.82) is 0 Å². The highest BCUT2D eigenvalue weighted by Gasteiger charge is 2.37. The Morgan fingerprint density at radius 3 is 2.33 bits per heavy atom. The normalized spacial score (nSPS) is 15.9. The van der Waals surface area contributed by atoms with E-state index in [2.05, 4.69) is 0 Å². The van der Waals surface area contributed by atoms with Crippen molar-refractivity contribution in [2.75, 3.05) is 33.9 Å². The Morgan fingerprint density at radius 2 is 1.65 bits per heavy atom. The van der Waals surface area contributed by atoms with Crippen LogP contribution in [-0.4, -0.2) is 66.1 Å². The number of rotatable bonds is 7. The highest BCUT2D eigenvalue weighted by molar-refractivity contribution is 7.09. The fourth-order valence-electron chi connectivity index (χ4n) is 5.35. The molecule has 1 aromatic heterocycles. The van der Waals surface area contributed by atoms with Gasteiger partial charge in [0.05, 0.1) is 24.2 Å². The molecule has 0 atom stereocenters. The number of amides is 2. The van der Waals surface area contributed by atoms with Crippen molar-refractivity contribution in [2.45, 2.75) is 51.2 Å². The Bertz CT molecular complexity index is 1400. The van der Waals surface area contributed by atoms with Gasteiger partial charge in [-0.1, -0.05) is 23.7 Å². The van der Waals surface area contributed by atoms with Gasteiger partial charge in [-0.25, -0.2) is 4.98 Å². The number of likely N-dealkylation sites (tertiary alicyclic amines) is 1. The first-order chi connectivity index (χ1) is 19.2. The number of para-hydroxylation sites is 1. The molecule has 0 unspecified atom stereocenters. The molecule has 3 aromatic rings. The molecular weight excluding hydrogens is 550 g/mol. The van der Waals surface area contributed by atoms with Crippen LogP contribution < -0.4 is 14.2 Å². The number of nitrogens with zero attached hydrogens (tertiary/aromatic N) is 3. The van der Waals surface area contributed by atoms with Crippen LogP contribution in [-0.2, 0) is 17.8 Å². The van der Waals surface area contributed by atoms with E-state index in [1.807, 2.05) is 39.4 Å². The zero-order valence-electron chi connectivity index (χ0n) is 23.2. The molecule has 0 saturated carbocycles. The van der Waals surface area contributed by atoms with Crippen molar-refractivity contribution in [3.8, 4) is 17.2 Å². The SMILES string of the molecule is COc1cc2c(cc1OC)CN(C(=O)c1csc(C3CCN(C(=O)C(C)(C)Oc4ccccc4Cl)CC3)n1)CC2. The zero-order valence-corrected chi connectivity index (χ0v) is 24.8. The Morgan fingerprint density at radius 1 is 0.975 bits per heavy atom. The minimum Gasteiger partial charge on any atom is -0.493 e. The molecule has 0 bridgehead atoms. The molecule has 0 spiro atoms. The summed E-state index contributed by atoms with van der Waals surface area (Å²) in [5.74, 6) is 1.94. The van der Waals surface area contributed by atoms with E-state index in [1.54, 1.807) is 40.2 Å². The number of piperidine rings is 1. The fraction of sp³-hybridized carbons (Fsp3) is 0.433. The van der Waals surface area contributed by atoms with Crippen molar-refractivity contribution in [3.63, 3.8) is 0 Å². The van der Waals surface area contributed by atoms with Gasteiger partial charge in [0.25, 0.3) is 11.8 Å². The summed E-state index contributed by atoms with van der Waals surface area (Å²) in [6.07, 6.45) is 2.32. The summed E-state index contributed by atoms with van der Waals surface area (Å²) in [5.41, 5.74) is 1.67. The molecule has 2 amide bonds. The summed E-state index contributed by atoms with van der Waals surface area (Å²) in [6.45, 7) is 5.89. The Kier molecular flexibility index (Phi) is 8.24. The minimum atomic E-state index is -1.04. The molecule has 8 nitrogen and oxygen atoms in total. The first-order valence-corrected chi connectivity index (χ1v) is 14.7. The Balaban J connectivity index is 1.19. The van der Waals surface area contributed by atoms with Crippen LogP contribution >= 0.6 is 22.9 Å². The monoisotopic (exact) mass is 583 g/mol. The molecule has 2 aliphatic heterocycles. The molecule has 10 heteroatoms. The lowest BCUT2D eigenvalue weighted by atomic mass is 9.96. The Labute approximate surface area is 243 Å². The lowest BCUT2D eigenvalue weighted by Crippen LogP contribution is -2.51. The lowest BCUT2D eigenvalue weighted by molar-refractivity contribution is -0.146.